The molecule has 1 rings (SSSR count). The number of hydrogen-bond acceptors (Lipinski definition) is 3. The van der Waals surface area contributed by atoms with Crippen LogP contribution >= 0.6 is 0 Å². The van der Waals surface area contributed by atoms with Gasteiger partial charge in [0.25, 0.3) is 0 Å². The number of hydrogen-bond donors (Lipinski definition) is 2. The molecule has 0 radical (unpaired) electrons. The molecule has 1 aromatic rings. The number of ether oxygens (including phenoxy) is 1. The number of nitrogens with two attached hydrogens (primary N) is 1. The first kappa shape index (κ1) is 17.5. The smallest absolute Gasteiger partial charge is 0.244 e. The van der Waals surface area contributed by atoms with Crippen molar-refractivity contribution in [1.29, 1.82) is 0 Å². The monoisotopic (exact) mass is 292 g/mol. The van der Waals surface area contributed by atoms with E-state index in [1.54, 1.807) is 14.0 Å². The third-order valence-electron chi connectivity index (χ3n) is 3.60. The highest BCUT2D eigenvalue weighted by Crippen LogP contribution is 2.32. The minimum atomic E-state index is -0.877. The highest BCUT2D eigenvalue weighted by molar-refractivity contribution is 5.98. The van der Waals surface area contributed by atoms with Gasteiger partial charge in [0, 0.05) is 0 Å². The number of nitrogens with one attached hydrogen (secondary N) is 1. The normalized spacial score (nSPS) is 14.4. The second-order valence-electron chi connectivity index (χ2n) is 6.79. The molecule has 0 bridgehead atoms. The summed E-state index contributed by atoms with van der Waals surface area (Å²) in [6.07, 6.45) is 1.50. The Balaban J connectivity index is 3.09. The van der Waals surface area contributed by atoms with E-state index in [9.17, 15) is 4.79 Å². The minimum absolute atomic E-state index is 0.00118. The Morgan fingerprint density at radius 3 is 2.38 bits per heavy atom. The summed E-state index contributed by atoms with van der Waals surface area (Å²) in [5.41, 5.74) is 7.01. The molecule has 0 saturated carbocycles. The van der Waals surface area contributed by atoms with Crippen LogP contribution in [-0.2, 0) is 10.2 Å². The molecule has 118 valence electrons. The zero-order chi connectivity index (χ0) is 16.3. The first-order chi connectivity index (χ1) is 9.61. The molecule has 0 saturated heterocycles. The lowest BCUT2D eigenvalue weighted by Gasteiger charge is -2.25. The van der Waals surface area contributed by atoms with Crippen LogP contribution in [0, 0.1) is 0 Å². The lowest BCUT2D eigenvalue weighted by atomic mass is 9.86. The van der Waals surface area contributed by atoms with Crippen molar-refractivity contribution < 1.29 is 9.53 Å². The van der Waals surface area contributed by atoms with E-state index in [0.717, 1.165) is 12.0 Å². The standard InChI is InChI=1S/C17H28N2O2/c1-7-10-17(5,18)15(20)19-13-11-12(16(2,3)4)8-9-14(13)21-6/h8-9,11H,7,10,18H2,1-6H3,(H,19,20). The van der Waals surface area contributed by atoms with Crippen molar-refractivity contribution in [3.8, 4) is 5.75 Å². The second-order valence-corrected chi connectivity index (χ2v) is 6.79. The molecule has 3 N–H and O–H groups in total. The van der Waals surface area contributed by atoms with Crippen LogP contribution in [0.1, 0.15) is 53.0 Å². The fourth-order valence-corrected chi connectivity index (χ4v) is 2.17. The summed E-state index contributed by atoms with van der Waals surface area (Å²) in [6, 6.07) is 5.85. The number of benzene rings is 1. The molecule has 0 heterocycles. The number of anilines is 1. The molecule has 0 fully saturated rings. The first-order valence-electron chi connectivity index (χ1n) is 7.40. The molecule has 4 nitrogen and oxygen atoms in total. The molecular formula is C17H28N2O2. The van der Waals surface area contributed by atoms with Gasteiger partial charge in [0.05, 0.1) is 18.3 Å². The van der Waals surface area contributed by atoms with Crippen molar-refractivity contribution in [3.63, 3.8) is 0 Å². The van der Waals surface area contributed by atoms with Gasteiger partial charge < -0.3 is 15.8 Å². The molecule has 0 spiro atoms. The van der Waals surface area contributed by atoms with Gasteiger partial charge in [0.1, 0.15) is 5.75 Å². The summed E-state index contributed by atoms with van der Waals surface area (Å²) in [7, 11) is 1.59. The predicted octanol–water partition coefficient (Wildman–Crippen LogP) is 3.45. The van der Waals surface area contributed by atoms with E-state index in [2.05, 4.69) is 26.1 Å². The topological polar surface area (TPSA) is 64.4 Å². The Morgan fingerprint density at radius 2 is 1.90 bits per heavy atom. The van der Waals surface area contributed by atoms with Crippen molar-refractivity contribution in [1.82, 2.24) is 0 Å². The summed E-state index contributed by atoms with van der Waals surface area (Å²) < 4.78 is 5.33. The molecule has 1 atom stereocenters. The van der Waals surface area contributed by atoms with E-state index in [1.807, 2.05) is 25.1 Å². The van der Waals surface area contributed by atoms with Crippen LogP contribution in [0.25, 0.3) is 0 Å². The summed E-state index contributed by atoms with van der Waals surface area (Å²) in [6.45, 7) is 10.2. The average Bonchev–Trinajstić information content (AvgIpc) is 2.37. The Morgan fingerprint density at radius 1 is 1.29 bits per heavy atom. The molecular weight excluding hydrogens is 264 g/mol. The van der Waals surface area contributed by atoms with E-state index >= 15 is 0 Å². The fraction of sp³-hybridized carbons (Fsp3) is 0.588. The lowest BCUT2D eigenvalue weighted by molar-refractivity contribution is -0.120. The van der Waals surface area contributed by atoms with Crippen LogP contribution in [0.5, 0.6) is 5.75 Å². The van der Waals surface area contributed by atoms with Gasteiger partial charge >= 0.3 is 0 Å². The number of carbonyl (C=O) groups excluding carboxylic acids is 1. The maximum Gasteiger partial charge on any atom is 0.244 e. The van der Waals surface area contributed by atoms with Crippen LogP contribution in [0.3, 0.4) is 0 Å². The van der Waals surface area contributed by atoms with Gasteiger partial charge in [-0.05, 0) is 36.5 Å². The van der Waals surface area contributed by atoms with Gasteiger partial charge in [-0.3, -0.25) is 4.79 Å². The van der Waals surface area contributed by atoms with Gasteiger partial charge in [0.2, 0.25) is 5.91 Å². The Hall–Kier alpha value is -1.55. The molecule has 0 aliphatic rings. The van der Waals surface area contributed by atoms with Gasteiger partial charge in [0.15, 0.2) is 0 Å². The Kier molecular flexibility index (Phi) is 5.40. The number of carbonyl (C=O) groups is 1. The molecule has 0 aromatic heterocycles. The molecule has 1 amide bonds. The number of amides is 1. The molecule has 1 unspecified atom stereocenters. The lowest BCUT2D eigenvalue weighted by Crippen LogP contribution is -2.48. The molecule has 21 heavy (non-hydrogen) atoms. The molecule has 1 aromatic carbocycles. The number of methoxy groups -OCH3 is 1. The van der Waals surface area contributed by atoms with E-state index < -0.39 is 5.54 Å². The van der Waals surface area contributed by atoms with Crippen LogP contribution < -0.4 is 15.8 Å². The number of rotatable bonds is 5. The van der Waals surface area contributed by atoms with E-state index in [-0.39, 0.29) is 11.3 Å². The summed E-state index contributed by atoms with van der Waals surface area (Å²) in [5.74, 6) is 0.456. The zero-order valence-corrected chi connectivity index (χ0v) is 14.0. The van der Waals surface area contributed by atoms with Crippen molar-refractivity contribution in [2.75, 3.05) is 12.4 Å². The summed E-state index contributed by atoms with van der Waals surface area (Å²) >= 11 is 0. The van der Waals surface area contributed by atoms with Crippen molar-refractivity contribution in [3.05, 3.63) is 23.8 Å². The van der Waals surface area contributed by atoms with Gasteiger partial charge in [-0.25, -0.2) is 0 Å². The van der Waals surface area contributed by atoms with Gasteiger partial charge in [-0.2, -0.15) is 0 Å². The molecule has 0 aliphatic heterocycles. The minimum Gasteiger partial charge on any atom is -0.495 e. The first-order valence-corrected chi connectivity index (χ1v) is 7.40. The largest absolute Gasteiger partial charge is 0.495 e. The van der Waals surface area contributed by atoms with Crippen molar-refractivity contribution in [2.24, 2.45) is 5.73 Å². The summed E-state index contributed by atoms with van der Waals surface area (Å²) in [4.78, 5) is 12.4. The van der Waals surface area contributed by atoms with Crippen LogP contribution in [-0.4, -0.2) is 18.6 Å². The van der Waals surface area contributed by atoms with Crippen LogP contribution in [0.15, 0.2) is 18.2 Å². The van der Waals surface area contributed by atoms with E-state index in [4.69, 9.17) is 10.5 Å². The van der Waals surface area contributed by atoms with Crippen molar-refractivity contribution in [2.45, 2.75) is 58.4 Å². The fourth-order valence-electron chi connectivity index (χ4n) is 2.17. The quantitative estimate of drug-likeness (QED) is 0.873. The van der Waals surface area contributed by atoms with Crippen molar-refractivity contribution >= 4 is 11.6 Å². The Bertz CT molecular complexity index is 502. The summed E-state index contributed by atoms with van der Waals surface area (Å²) in [5, 5.41) is 2.91. The highest BCUT2D eigenvalue weighted by Gasteiger charge is 2.28. The van der Waals surface area contributed by atoms with Gasteiger partial charge in [-0.1, -0.05) is 40.2 Å². The second kappa shape index (κ2) is 6.48. The third-order valence-corrected chi connectivity index (χ3v) is 3.60. The average molecular weight is 292 g/mol. The zero-order valence-electron chi connectivity index (χ0n) is 14.0. The Labute approximate surface area is 128 Å². The molecule has 0 aliphatic carbocycles. The SMILES string of the molecule is CCCC(C)(N)C(=O)Nc1cc(C(C)(C)C)ccc1OC. The third kappa shape index (κ3) is 4.46. The van der Waals surface area contributed by atoms with Crippen LogP contribution in [0.4, 0.5) is 5.69 Å². The van der Waals surface area contributed by atoms with Crippen LogP contribution in [0.2, 0.25) is 0 Å². The maximum atomic E-state index is 12.4. The van der Waals surface area contributed by atoms with Gasteiger partial charge in [-0.15, -0.1) is 0 Å². The van der Waals surface area contributed by atoms with E-state index in [1.165, 1.54) is 0 Å². The maximum absolute atomic E-state index is 12.4. The van der Waals surface area contributed by atoms with E-state index in [0.29, 0.717) is 17.9 Å². The molecule has 4 heteroatoms. The predicted molar refractivity (Wildman–Crippen MR) is 87.8 cm³/mol. The highest BCUT2D eigenvalue weighted by atomic mass is 16.5.